The minimum atomic E-state index is 0.0848. The van der Waals surface area contributed by atoms with Crippen LogP contribution in [-0.4, -0.2) is 41.6 Å². The Bertz CT molecular complexity index is 797. The van der Waals surface area contributed by atoms with Crippen molar-refractivity contribution in [2.45, 2.75) is 65.5 Å². The van der Waals surface area contributed by atoms with E-state index >= 15 is 0 Å². The first-order chi connectivity index (χ1) is 13.8. The SMILES string of the molecule is CCNC(=NCc1nc(C(C)(C)C)cs1)NC1CCN(c2ccc(C)cn2)CC1. The van der Waals surface area contributed by atoms with Crippen molar-refractivity contribution in [2.24, 2.45) is 4.99 Å². The van der Waals surface area contributed by atoms with Gasteiger partial charge in [-0.15, -0.1) is 11.3 Å². The second kappa shape index (κ2) is 9.57. The number of thiazole rings is 1. The van der Waals surface area contributed by atoms with Crippen LogP contribution in [-0.2, 0) is 12.0 Å². The van der Waals surface area contributed by atoms with E-state index in [4.69, 9.17) is 9.98 Å². The molecule has 2 N–H and O–H groups in total. The minimum Gasteiger partial charge on any atom is -0.357 e. The Morgan fingerprint density at radius 1 is 1.28 bits per heavy atom. The third kappa shape index (κ3) is 6.16. The molecule has 2 aromatic heterocycles. The van der Waals surface area contributed by atoms with Crippen LogP contribution in [0.4, 0.5) is 5.82 Å². The molecule has 0 radical (unpaired) electrons. The number of nitrogens with one attached hydrogen (secondary N) is 2. The van der Waals surface area contributed by atoms with E-state index in [1.807, 2.05) is 6.20 Å². The van der Waals surface area contributed by atoms with Crippen molar-refractivity contribution in [1.29, 1.82) is 0 Å². The summed E-state index contributed by atoms with van der Waals surface area (Å²) in [7, 11) is 0. The lowest BCUT2D eigenvalue weighted by Gasteiger charge is -2.33. The maximum absolute atomic E-state index is 4.78. The number of rotatable bonds is 5. The van der Waals surface area contributed by atoms with E-state index in [9.17, 15) is 0 Å². The fourth-order valence-electron chi connectivity index (χ4n) is 3.29. The van der Waals surface area contributed by atoms with Crippen LogP contribution in [0.1, 0.15) is 56.8 Å². The van der Waals surface area contributed by atoms with Crippen molar-refractivity contribution in [3.63, 3.8) is 0 Å². The molecular weight excluding hydrogens is 380 g/mol. The van der Waals surface area contributed by atoms with Crippen molar-refractivity contribution in [3.8, 4) is 0 Å². The highest BCUT2D eigenvalue weighted by atomic mass is 32.1. The van der Waals surface area contributed by atoms with Crippen LogP contribution in [0.2, 0.25) is 0 Å². The van der Waals surface area contributed by atoms with E-state index < -0.39 is 0 Å². The van der Waals surface area contributed by atoms with Crippen LogP contribution in [0.5, 0.6) is 0 Å². The van der Waals surface area contributed by atoms with Crippen molar-refractivity contribution >= 4 is 23.1 Å². The molecule has 3 heterocycles. The van der Waals surface area contributed by atoms with Crippen LogP contribution < -0.4 is 15.5 Å². The van der Waals surface area contributed by atoms with Gasteiger partial charge in [-0.3, -0.25) is 0 Å². The maximum atomic E-state index is 4.78. The predicted molar refractivity (Wildman–Crippen MR) is 123 cm³/mol. The number of aromatic nitrogens is 2. The molecule has 1 aliphatic heterocycles. The van der Waals surface area contributed by atoms with Crippen molar-refractivity contribution in [2.75, 3.05) is 24.5 Å². The first-order valence-corrected chi connectivity index (χ1v) is 11.4. The molecule has 2 aromatic rings. The molecule has 0 amide bonds. The highest BCUT2D eigenvalue weighted by Gasteiger charge is 2.21. The molecule has 1 aliphatic rings. The Labute approximate surface area is 178 Å². The zero-order valence-corrected chi connectivity index (χ0v) is 19.1. The van der Waals surface area contributed by atoms with E-state index in [0.29, 0.717) is 12.6 Å². The molecule has 0 aliphatic carbocycles. The van der Waals surface area contributed by atoms with Gasteiger partial charge in [-0.1, -0.05) is 26.8 Å². The molecule has 29 heavy (non-hydrogen) atoms. The lowest BCUT2D eigenvalue weighted by atomic mass is 9.93. The lowest BCUT2D eigenvalue weighted by Crippen LogP contribution is -2.48. The first-order valence-electron chi connectivity index (χ1n) is 10.5. The van der Waals surface area contributed by atoms with E-state index in [-0.39, 0.29) is 5.41 Å². The summed E-state index contributed by atoms with van der Waals surface area (Å²) in [5.74, 6) is 1.96. The largest absolute Gasteiger partial charge is 0.357 e. The maximum Gasteiger partial charge on any atom is 0.191 e. The van der Waals surface area contributed by atoms with Gasteiger partial charge in [0, 0.05) is 42.7 Å². The Hall–Kier alpha value is -2.15. The van der Waals surface area contributed by atoms with Gasteiger partial charge in [0.15, 0.2) is 5.96 Å². The van der Waals surface area contributed by atoms with E-state index in [2.05, 4.69) is 72.6 Å². The first kappa shape index (κ1) is 21.6. The molecule has 0 bridgehead atoms. The summed E-state index contributed by atoms with van der Waals surface area (Å²) in [6.07, 6.45) is 4.09. The fourth-order valence-corrected chi connectivity index (χ4v) is 4.23. The summed E-state index contributed by atoms with van der Waals surface area (Å²) >= 11 is 1.69. The molecule has 3 rings (SSSR count). The Morgan fingerprint density at radius 2 is 2.03 bits per heavy atom. The van der Waals surface area contributed by atoms with Crippen molar-refractivity contribution in [3.05, 3.63) is 40.0 Å². The summed E-state index contributed by atoms with van der Waals surface area (Å²) in [6.45, 7) is 14.2. The standard InChI is InChI=1S/C22H34N6S/c1-6-23-21(25-14-20-27-18(15-29-20)22(3,4)5)26-17-9-11-28(12-10-17)19-8-7-16(2)13-24-19/h7-8,13,15,17H,6,9-12,14H2,1-5H3,(H2,23,25,26). The van der Waals surface area contributed by atoms with E-state index in [1.165, 1.54) is 5.56 Å². The molecule has 0 spiro atoms. The van der Waals surface area contributed by atoms with Gasteiger partial charge >= 0.3 is 0 Å². The molecule has 0 aromatic carbocycles. The zero-order valence-electron chi connectivity index (χ0n) is 18.3. The van der Waals surface area contributed by atoms with Gasteiger partial charge in [-0.05, 0) is 38.3 Å². The normalized spacial score (nSPS) is 16.2. The summed E-state index contributed by atoms with van der Waals surface area (Å²) in [5, 5.41) is 10.2. The average Bonchev–Trinajstić information content (AvgIpc) is 3.17. The van der Waals surface area contributed by atoms with E-state index in [0.717, 1.165) is 55.0 Å². The quantitative estimate of drug-likeness (QED) is 0.574. The average molecular weight is 415 g/mol. The van der Waals surface area contributed by atoms with Crippen LogP contribution in [0, 0.1) is 6.92 Å². The summed E-state index contributed by atoms with van der Waals surface area (Å²) < 4.78 is 0. The zero-order chi connectivity index (χ0) is 20.9. The topological polar surface area (TPSA) is 65.4 Å². The molecule has 0 atom stereocenters. The fraction of sp³-hybridized carbons (Fsp3) is 0.591. The molecule has 0 saturated carbocycles. The van der Waals surface area contributed by atoms with Gasteiger partial charge in [0.2, 0.25) is 0 Å². The number of anilines is 1. The van der Waals surface area contributed by atoms with Crippen LogP contribution >= 0.6 is 11.3 Å². The number of aryl methyl sites for hydroxylation is 1. The molecule has 1 fully saturated rings. The van der Waals surface area contributed by atoms with Gasteiger partial charge in [0.05, 0.1) is 12.2 Å². The monoisotopic (exact) mass is 414 g/mol. The molecule has 7 heteroatoms. The Balaban J connectivity index is 1.54. The van der Waals surface area contributed by atoms with Gasteiger partial charge in [0.1, 0.15) is 10.8 Å². The van der Waals surface area contributed by atoms with Crippen LogP contribution in [0.25, 0.3) is 0 Å². The third-order valence-electron chi connectivity index (χ3n) is 5.09. The Morgan fingerprint density at radius 3 is 2.62 bits per heavy atom. The molecule has 158 valence electrons. The van der Waals surface area contributed by atoms with Crippen molar-refractivity contribution in [1.82, 2.24) is 20.6 Å². The lowest BCUT2D eigenvalue weighted by molar-refractivity contribution is 0.459. The number of nitrogens with zero attached hydrogens (tertiary/aromatic N) is 4. The summed E-state index contributed by atoms with van der Waals surface area (Å²) in [4.78, 5) is 16.5. The second-order valence-electron chi connectivity index (χ2n) is 8.67. The summed E-state index contributed by atoms with van der Waals surface area (Å²) in [6, 6.07) is 4.68. The molecule has 6 nitrogen and oxygen atoms in total. The highest BCUT2D eigenvalue weighted by Crippen LogP contribution is 2.24. The molecule has 0 unspecified atom stereocenters. The minimum absolute atomic E-state index is 0.0848. The van der Waals surface area contributed by atoms with Gasteiger partial charge < -0.3 is 15.5 Å². The smallest absolute Gasteiger partial charge is 0.191 e. The predicted octanol–water partition coefficient (Wildman–Crippen LogP) is 3.87. The number of piperidine rings is 1. The highest BCUT2D eigenvalue weighted by molar-refractivity contribution is 7.09. The van der Waals surface area contributed by atoms with E-state index in [1.54, 1.807) is 11.3 Å². The molecular formula is C22H34N6S. The number of aliphatic imine (C=N–C) groups is 1. The molecule has 1 saturated heterocycles. The van der Waals surface area contributed by atoms with Crippen LogP contribution in [0.15, 0.2) is 28.7 Å². The number of hydrogen-bond donors (Lipinski definition) is 2. The van der Waals surface area contributed by atoms with Crippen LogP contribution in [0.3, 0.4) is 0 Å². The number of guanidine groups is 1. The van der Waals surface area contributed by atoms with Gasteiger partial charge in [-0.25, -0.2) is 15.0 Å². The third-order valence-corrected chi connectivity index (χ3v) is 5.93. The van der Waals surface area contributed by atoms with Gasteiger partial charge in [-0.2, -0.15) is 0 Å². The summed E-state index contributed by atoms with van der Waals surface area (Å²) in [5.41, 5.74) is 2.43. The number of hydrogen-bond acceptors (Lipinski definition) is 5. The number of pyridine rings is 1. The Kier molecular flexibility index (Phi) is 7.11. The van der Waals surface area contributed by atoms with Gasteiger partial charge in [0.25, 0.3) is 0 Å². The second-order valence-corrected chi connectivity index (χ2v) is 9.61. The van der Waals surface area contributed by atoms with Crippen molar-refractivity contribution < 1.29 is 0 Å².